The summed E-state index contributed by atoms with van der Waals surface area (Å²) in [5.74, 6) is -1.06. The summed E-state index contributed by atoms with van der Waals surface area (Å²) in [7, 11) is 0. The zero-order valence-electron chi connectivity index (χ0n) is 24.1. The summed E-state index contributed by atoms with van der Waals surface area (Å²) in [5, 5.41) is 9.32. The molecule has 0 aromatic heterocycles. The number of nitrogens with one attached hydrogen (secondary N) is 3. The smallest absolute Gasteiger partial charge is 0.317 e. The normalized spacial score (nSPS) is 15.9. The maximum Gasteiger partial charge on any atom is 0.317 e. The van der Waals surface area contributed by atoms with Crippen molar-refractivity contribution in [2.75, 3.05) is 36.4 Å². The molecule has 4 amide bonds. The van der Waals surface area contributed by atoms with Crippen LogP contribution >= 0.6 is 11.6 Å². The van der Waals surface area contributed by atoms with E-state index in [9.17, 15) is 18.8 Å². The van der Waals surface area contributed by atoms with Gasteiger partial charge in [0.2, 0.25) is 0 Å². The Kier molecular flexibility index (Phi) is 10.1. The summed E-state index contributed by atoms with van der Waals surface area (Å²) in [6.45, 7) is 2.59. The van der Waals surface area contributed by atoms with Crippen molar-refractivity contribution in [1.82, 2.24) is 15.5 Å². The molecule has 1 saturated heterocycles. The predicted molar refractivity (Wildman–Crippen MR) is 167 cm³/mol. The molecule has 5 rings (SSSR count). The van der Waals surface area contributed by atoms with E-state index in [1.54, 1.807) is 48.5 Å². The highest BCUT2D eigenvalue weighted by Gasteiger charge is 2.25. The lowest BCUT2D eigenvalue weighted by molar-refractivity contribution is 0.0950. The molecule has 3 aromatic carbocycles. The SMILES string of the molecule is O=C(Nc1ccc(N2CCCN(C(=O)NC3CCCCC3)CC2)c(C(=O)NCc2ccc(F)cc2)c1)c1ccccc1Cl. The monoisotopic (exact) mass is 605 g/mol. The molecule has 43 heavy (non-hydrogen) atoms. The van der Waals surface area contributed by atoms with Crippen molar-refractivity contribution < 1.29 is 18.8 Å². The second kappa shape index (κ2) is 14.4. The van der Waals surface area contributed by atoms with Gasteiger partial charge in [-0.1, -0.05) is 55.1 Å². The van der Waals surface area contributed by atoms with Crippen LogP contribution in [0, 0.1) is 5.82 Å². The Balaban J connectivity index is 1.33. The van der Waals surface area contributed by atoms with Crippen molar-refractivity contribution in [2.24, 2.45) is 0 Å². The number of carbonyl (C=O) groups is 3. The molecule has 10 heteroatoms. The summed E-state index contributed by atoms with van der Waals surface area (Å²) < 4.78 is 13.4. The molecule has 3 aromatic rings. The molecule has 1 aliphatic heterocycles. The fourth-order valence-electron chi connectivity index (χ4n) is 5.67. The first-order valence-corrected chi connectivity index (χ1v) is 15.3. The van der Waals surface area contributed by atoms with Gasteiger partial charge in [0.1, 0.15) is 5.82 Å². The number of rotatable bonds is 7. The molecular formula is C33H37ClFN5O3. The van der Waals surface area contributed by atoms with Crippen molar-refractivity contribution in [3.8, 4) is 0 Å². The summed E-state index contributed by atoms with van der Waals surface area (Å²) in [6, 6.07) is 18.2. The van der Waals surface area contributed by atoms with E-state index in [1.807, 2.05) is 11.0 Å². The zero-order chi connectivity index (χ0) is 30.2. The van der Waals surface area contributed by atoms with Gasteiger partial charge < -0.3 is 25.8 Å². The molecule has 0 unspecified atom stereocenters. The van der Waals surface area contributed by atoms with E-state index < -0.39 is 0 Å². The van der Waals surface area contributed by atoms with Crippen molar-refractivity contribution in [3.63, 3.8) is 0 Å². The number of halogens is 2. The van der Waals surface area contributed by atoms with Crippen molar-refractivity contribution >= 4 is 40.8 Å². The number of nitrogens with zero attached hydrogens (tertiary/aromatic N) is 2. The number of benzene rings is 3. The van der Waals surface area contributed by atoms with Crippen LogP contribution in [0.25, 0.3) is 0 Å². The van der Waals surface area contributed by atoms with E-state index in [-0.39, 0.29) is 36.2 Å². The number of urea groups is 1. The minimum Gasteiger partial charge on any atom is -0.369 e. The second-order valence-electron chi connectivity index (χ2n) is 11.1. The molecule has 2 fully saturated rings. The fourth-order valence-corrected chi connectivity index (χ4v) is 5.89. The predicted octanol–water partition coefficient (Wildman–Crippen LogP) is 6.22. The number of hydrogen-bond acceptors (Lipinski definition) is 4. The van der Waals surface area contributed by atoms with Gasteiger partial charge in [-0.2, -0.15) is 0 Å². The third-order valence-electron chi connectivity index (χ3n) is 8.04. The van der Waals surface area contributed by atoms with Gasteiger partial charge in [-0.25, -0.2) is 9.18 Å². The maximum absolute atomic E-state index is 13.6. The number of hydrogen-bond donors (Lipinski definition) is 3. The molecule has 2 aliphatic rings. The van der Waals surface area contributed by atoms with E-state index in [4.69, 9.17) is 11.6 Å². The van der Waals surface area contributed by atoms with Crippen molar-refractivity contribution in [1.29, 1.82) is 0 Å². The molecule has 3 N–H and O–H groups in total. The molecule has 1 aliphatic carbocycles. The zero-order valence-corrected chi connectivity index (χ0v) is 24.8. The Labute approximate surface area is 256 Å². The van der Waals surface area contributed by atoms with Crippen LogP contribution in [-0.2, 0) is 6.54 Å². The molecular weight excluding hydrogens is 569 g/mol. The minimum absolute atomic E-state index is 0.0244. The average Bonchev–Trinajstić information content (AvgIpc) is 3.28. The van der Waals surface area contributed by atoms with Gasteiger partial charge in [0, 0.05) is 50.1 Å². The third kappa shape index (κ3) is 8.04. The molecule has 0 spiro atoms. The van der Waals surface area contributed by atoms with Crippen LogP contribution in [0.15, 0.2) is 66.7 Å². The molecule has 1 heterocycles. The number of carbonyl (C=O) groups excluding carboxylic acids is 3. The maximum atomic E-state index is 13.6. The van der Waals surface area contributed by atoms with Gasteiger partial charge in [-0.15, -0.1) is 0 Å². The Morgan fingerprint density at radius 3 is 2.35 bits per heavy atom. The van der Waals surface area contributed by atoms with Crippen LogP contribution in [0.3, 0.4) is 0 Å². The Morgan fingerprint density at radius 2 is 1.58 bits per heavy atom. The standard InChI is InChI=1S/C33H37ClFN5O3/c34-29-10-5-4-9-27(29)32(42)37-26-15-16-30(28(21-26)31(41)36-22-23-11-13-24(35)14-12-23)39-17-6-18-40(20-19-39)33(43)38-25-7-2-1-3-8-25/h4-5,9-16,21,25H,1-3,6-8,17-20,22H2,(H,36,41)(H,37,42)(H,38,43). The van der Waals surface area contributed by atoms with Gasteiger partial charge in [-0.05, 0) is 67.3 Å². The van der Waals surface area contributed by atoms with Gasteiger partial charge >= 0.3 is 6.03 Å². The van der Waals surface area contributed by atoms with Crippen LogP contribution in [-0.4, -0.2) is 55.0 Å². The lowest BCUT2D eigenvalue weighted by atomic mass is 9.96. The molecule has 8 nitrogen and oxygen atoms in total. The van der Waals surface area contributed by atoms with Crippen LogP contribution in [0.4, 0.5) is 20.6 Å². The Bertz CT molecular complexity index is 1440. The van der Waals surface area contributed by atoms with Crippen LogP contribution < -0.4 is 20.9 Å². The summed E-state index contributed by atoms with van der Waals surface area (Å²) in [6.07, 6.45) is 6.34. The van der Waals surface area contributed by atoms with Crippen LogP contribution in [0.1, 0.15) is 64.8 Å². The van der Waals surface area contributed by atoms with Crippen molar-refractivity contribution in [3.05, 3.63) is 94.3 Å². The highest BCUT2D eigenvalue weighted by Crippen LogP contribution is 2.27. The van der Waals surface area contributed by atoms with E-state index in [1.165, 1.54) is 18.6 Å². The summed E-state index contributed by atoms with van der Waals surface area (Å²) in [4.78, 5) is 43.5. The molecule has 0 bridgehead atoms. The highest BCUT2D eigenvalue weighted by atomic mass is 35.5. The summed E-state index contributed by atoms with van der Waals surface area (Å²) >= 11 is 6.22. The van der Waals surface area contributed by atoms with E-state index in [2.05, 4.69) is 20.9 Å². The van der Waals surface area contributed by atoms with Crippen LogP contribution in [0.5, 0.6) is 0 Å². The molecule has 0 radical (unpaired) electrons. The Morgan fingerprint density at radius 1 is 0.814 bits per heavy atom. The van der Waals surface area contributed by atoms with E-state index in [0.717, 1.165) is 37.7 Å². The number of anilines is 2. The van der Waals surface area contributed by atoms with Gasteiger partial charge in [-0.3, -0.25) is 9.59 Å². The lowest BCUT2D eigenvalue weighted by Gasteiger charge is -2.28. The first-order valence-electron chi connectivity index (χ1n) is 14.9. The quantitative estimate of drug-likeness (QED) is 0.298. The third-order valence-corrected chi connectivity index (χ3v) is 8.37. The molecule has 1 saturated carbocycles. The largest absolute Gasteiger partial charge is 0.369 e. The fraction of sp³-hybridized carbons (Fsp3) is 0.364. The van der Waals surface area contributed by atoms with E-state index >= 15 is 0 Å². The average molecular weight is 606 g/mol. The molecule has 226 valence electrons. The molecule has 0 atom stereocenters. The van der Waals surface area contributed by atoms with Gasteiger partial charge in [0.25, 0.3) is 11.8 Å². The van der Waals surface area contributed by atoms with E-state index in [0.29, 0.717) is 53.7 Å². The Hall–Kier alpha value is -4.11. The first-order chi connectivity index (χ1) is 20.9. The van der Waals surface area contributed by atoms with Gasteiger partial charge in [0.15, 0.2) is 0 Å². The van der Waals surface area contributed by atoms with Crippen LogP contribution in [0.2, 0.25) is 5.02 Å². The topological polar surface area (TPSA) is 93.8 Å². The first kappa shape index (κ1) is 30.4. The van der Waals surface area contributed by atoms with Crippen molar-refractivity contribution in [2.45, 2.75) is 51.1 Å². The minimum atomic E-state index is -0.384. The second-order valence-corrected chi connectivity index (χ2v) is 11.5. The highest BCUT2D eigenvalue weighted by molar-refractivity contribution is 6.34. The lowest BCUT2D eigenvalue weighted by Crippen LogP contribution is -2.46. The van der Waals surface area contributed by atoms with Gasteiger partial charge in [0.05, 0.1) is 16.1 Å². The number of amides is 4. The summed E-state index contributed by atoms with van der Waals surface area (Å²) in [5.41, 5.74) is 2.63.